The van der Waals surface area contributed by atoms with Crippen LogP contribution in [0.1, 0.15) is 24.8 Å². The quantitative estimate of drug-likeness (QED) is 0.876. The van der Waals surface area contributed by atoms with E-state index >= 15 is 0 Å². The highest BCUT2D eigenvalue weighted by atomic mass is 16.5. The Balaban J connectivity index is 2.10. The highest BCUT2D eigenvalue weighted by molar-refractivity contribution is 5.66. The van der Waals surface area contributed by atoms with Gasteiger partial charge in [-0.15, -0.1) is 0 Å². The molecule has 0 saturated heterocycles. The van der Waals surface area contributed by atoms with Gasteiger partial charge in [-0.3, -0.25) is 4.79 Å². The number of nitrogens with zero attached hydrogens (tertiary/aromatic N) is 2. The number of aryl methyl sites for hydroxylation is 2. The molecule has 1 heterocycles. The van der Waals surface area contributed by atoms with Crippen LogP contribution in [0.4, 0.5) is 0 Å². The van der Waals surface area contributed by atoms with Crippen molar-refractivity contribution < 1.29 is 14.4 Å². The molecule has 5 nitrogen and oxygen atoms in total. The van der Waals surface area contributed by atoms with Gasteiger partial charge in [0.25, 0.3) is 0 Å². The van der Waals surface area contributed by atoms with Gasteiger partial charge in [-0.1, -0.05) is 36.3 Å². The Kier molecular flexibility index (Phi) is 3.72. The fourth-order valence-electron chi connectivity index (χ4n) is 1.58. The van der Waals surface area contributed by atoms with Gasteiger partial charge in [0.1, 0.15) is 0 Å². The van der Waals surface area contributed by atoms with Crippen LogP contribution in [0.25, 0.3) is 11.4 Å². The molecule has 0 amide bonds. The average Bonchev–Trinajstić information content (AvgIpc) is 2.85. The van der Waals surface area contributed by atoms with Crippen molar-refractivity contribution in [3.8, 4) is 11.4 Å². The molecule has 0 saturated carbocycles. The Morgan fingerprint density at radius 2 is 2.06 bits per heavy atom. The highest BCUT2D eigenvalue weighted by Crippen LogP contribution is 2.17. The van der Waals surface area contributed by atoms with Crippen LogP contribution in [0.15, 0.2) is 28.8 Å². The summed E-state index contributed by atoms with van der Waals surface area (Å²) in [7, 11) is 0. The van der Waals surface area contributed by atoms with E-state index in [0.717, 1.165) is 12.0 Å². The van der Waals surface area contributed by atoms with E-state index in [9.17, 15) is 4.79 Å². The molecule has 1 N–H and O–H groups in total. The highest BCUT2D eigenvalue weighted by Gasteiger charge is 2.09. The molecule has 0 fully saturated rings. The second-order valence-electron chi connectivity index (χ2n) is 3.96. The van der Waals surface area contributed by atoms with Crippen molar-refractivity contribution in [3.63, 3.8) is 0 Å². The summed E-state index contributed by atoms with van der Waals surface area (Å²) in [6, 6.07) is 7.90. The molecule has 18 heavy (non-hydrogen) atoms. The van der Waals surface area contributed by atoms with Gasteiger partial charge < -0.3 is 9.63 Å². The molecule has 1 aromatic carbocycles. The van der Waals surface area contributed by atoms with Gasteiger partial charge in [0.15, 0.2) is 0 Å². The van der Waals surface area contributed by atoms with Crippen molar-refractivity contribution in [3.05, 3.63) is 35.7 Å². The fraction of sp³-hybridized carbons (Fsp3) is 0.308. The molecule has 0 aliphatic carbocycles. The number of hydrogen-bond acceptors (Lipinski definition) is 4. The standard InChI is InChI=1S/C13H14N2O3/c1-2-9-3-5-10(6-4-9)13-14-11(18-15-13)7-8-12(16)17/h3-6H,2,7-8H2,1H3,(H,16,17). The lowest BCUT2D eigenvalue weighted by molar-refractivity contribution is -0.137. The molecule has 1 aromatic heterocycles. The summed E-state index contributed by atoms with van der Waals surface area (Å²) in [5, 5.41) is 12.4. The van der Waals surface area contributed by atoms with Crippen LogP contribution in [0.2, 0.25) is 0 Å². The molecule has 0 bridgehead atoms. The van der Waals surface area contributed by atoms with E-state index in [1.807, 2.05) is 24.3 Å². The molecule has 5 heteroatoms. The van der Waals surface area contributed by atoms with Crippen LogP contribution >= 0.6 is 0 Å². The zero-order chi connectivity index (χ0) is 13.0. The van der Waals surface area contributed by atoms with E-state index in [2.05, 4.69) is 17.1 Å². The van der Waals surface area contributed by atoms with Crippen molar-refractivity contribution in [1.82, 2.24) is 10.1 Å². The van der Waals surface area contributed by atoms with E-state index in [4.69, 9.17) is 9.63 Å². The lowest BCUT2D eigenvalue weighted by Crippen LogP contribution is -1.97. The molecular weight excluding hydrogens is 232 g/mol. The number of carbonyl (C=O) groups is 1. The van der Waals surface area contributed by atoms with Gasteiger partial charge in [-0.05, 0) is 12.0 Å². The summed E-state index contributed by atoms with van der Waals surface area (Å²) >= 11 is 0. The monoisotopic (exact) mass is 246 g/mol. The first-order chi connectivity index (χ1) is 8.69. The molecule has 0 atom stereocenters. The third-order valence-corrected chi connectivity index (χ3v) is 2.64. The van der Waals surface area contributed by atoms with Crippen LogP contribution in [0.5, 0.6) is 0 Å². The van der Waals surface area contributed by atoms with E-state index in [-0.39, 0.29) is 12.8 Å². The SMILES string of the molecule is CCc1ccc(-c2noc(CCC(=O)O)n2)cc1. The zero-order valence-electron chi connectivity index (χ0n) is 10.1. The number of rotatable bonds is 5. The maximum Gasteiger partial charge on any atom is 0.303 e. The minimum absolute atomic E-state index is 0.00357. The third kappa shape index (κ3) is 2.94. The van der Waals surface area contributed by atoms with Gasteiger partial charge in [-0.2, -0.15) is 4.98 Å². The largest absolute Gasteiger partial charge is 0.481 e. The molecule has 2 rings (SSSR count). The second-order valence-corrected chi connectivity index (χ2v) is 3.96. The third-order valence-electron chi connectivity index (χ3n) is 2.64. The molecule has 0 aliphatic rings. The summed E-state index contributed by atoms with van der Waals surface area (Å²) < 4.78 is 5.00. The number of aliphatic carboxylic acids is 1. The first-order valence-electron chi connectivity index (χ1n) is 5.82. The Hall–Kier alpha value is -2.17. The van der Waals surface area contributed by atoms with Crippen LogP contribution in [0.3, 0.4) is 0 Å². The number of carboxylic acids is 1. The number of hydrogen-bond donors (Lipinski definition) is 1. The topological polar surface area (TPSA) is 76.2 Å². The lowest BCUT2D eigenvalue weighted by Gasteiger charge is -1.97. The van der Waals surface area contributed by atoms with Crippen molar-refractivity contribution in [2.75, 3.05) is 0 Å². The van der Waals surface area contributed by atoms with Crippen LogP contribution < -0.4 is 0 Å². The maximum atomic E-state index is 10.4. The van der Waals surface area contributed by atoms with Crippen molar-refractivity contribution in [2.24, 2.45) is 0 Å². The second kappa shape index (κ2) is 5.44. The van der Waals surface area contributed by atoms with Crippen molar-refractivity contribution in [2.45, 2.75) is 26.2 Å². The molecule has 0 aliphatic heterocycles. The fourth-order valence-corrected chi connectivity index (χ4v) is 1.58. The smallest absolute Gasteiger partial charge is 0.303 e. The molecular formula is C13H14N2O3. The van der Waals surface area contributed by atoms with Gasteiger partial charge in [0, 0.05) is 12.0 Å². The normalized spacial score (nSPS) is 10.5. The van der Waals surface area contributed by atoms with Gasteiger partial charge >= 0.3 is 5.97 Å². The summed E-state index contributed by atoms with van der Waals surface area (Å²) in [6.45, 7) is 2.09. The number of carboxylic acid groups (broad SMARTS) is 1. The van der Waals surface area contributed by atoms with Crippen molar-refractivity contribution >= 4 is 5.97 Å². The lowest BCUT2D eigenvalue weighted by atomic mass is 10.1. The van der Waals surface area contributed by atoms with Gasteiger partial charge in [-0.25, -0.2) is 0 Å². The van der Waals surface area contributed by atoms with Crippen molar-refractivity contribution in [1.29, 1.82) is 0 Å². The first-order valence-corrected chi connectivity index (χ1v) is 5.82. The molecule has 0 unspecified atom stereocenters. The molecule has 2 aromatic rings. The molecule has 0 spiro atoms. The number of benzene rings is 1. The van der Waals surface area contributed by atoms with Crippen LogP contribution in [-0.2, 0) is 17.6 Å². The minimum Gasteiger partial charge on any atom is -0.481 e. The predicted molar refractivity (Wildman–Crippen MR) is 65.1 cm³/mol. The maximum absolute atomic E-state index is 10.4. The van der Waals surface area contributed by atoms with Gasteiger partial charge in [0.2, 0.25) is 11.7 Å². The first kappa shape index (κ1) is 12.3. The Labute approximate surface area is 104 Å². The van der Waals surface area contributed by atoms with E-state index in [0.29, 0.717) is 11.7 Å². The summed E-state index contributed by atoms with van der Waals surface area (Å²) in [6.07, 6.45) is 1.24. The van der Waals surface area contributed by atoms with E-state index in [1.165, 1.54) is 5.56 Å². The summed E-state index contributed by atoms with van der Waals surface area (Å²) in [5.41, 5.74) is 2.12. The van der Waals surface area contributed by atoms with E-state index < -0.39 is 5.97 Å². The Morgan fingerprint density at radius 1 is 1.33 bits per heavy atom. The summed E-state index contributed by atoms with van der Waals surface area (Å²) in [4.78, 5) is 14.6. The molecule has 94 valence electrons. The number of aromatic nitrogens is 2. The van der Waals surface area contributed by atoms with Crippen LogP contribution in [0, 0.1) is 0 Å². The van der Waals surface area contributed by atoms with Crippen LogP contribution in [-0.4, -0.2) is 21.2 Å². The Bertz CT molecular complexity index is 531. The average molecular weight is 246 g/mol. The Morgan fingerprint density at radius 3 is 2.67 bits per heavy atom. The van der Waals surface area contributed by atoms with Gasteiger partial charge in [0.05, 0.1) is 6.42 Å². The molecule has 0 radical (unpaired) electrons. The predicted octanol–water partition coefficient (Wildman–Crippen LogP) is 2.32. The zero-order valence-corrected chi connectivity index (χ0v) is 10.1. The van der Waals surface area contributed by atoms with E-state index in [1.54, 1.807) is 0 Å². The minimum atomic E-state index is -0.873. The summed E-state index contributed by atoms with van der Waals surface area (Å²) in [5.74, 6) is -0.0212.